The van der Waals surface area contributed by atoms with E-state index in [0.29, 0.717) is 0 Å². The highest BCUT2D eigenvalue weighted by Gasteiger charge is 3.08. The van der Waals surface area contributed by atoms with E-state index in [-0.39, 0.29) is 6.92 Å². The zero-order valence-electron chi connectivity index (χ0n) is 23.2. The summed E-state index contributed by atoms with van der Waals surface area (Å²) >= 11 is 0. The van der Waals surface area contributed by atoms with Gasteiger partial charge in [-0.05, 0) is 6.92 Å². The summed E-state index contributed by atoms with van der Waals surface area (Å²) in [5, 5.41) is 0. The molecular formula is C20H5F31O2. The zero-order chi connectivity index (χ0) is 43.9. The summed E-state index contributed by atoms with van der Waals surface area (Å²) in [5.41, 5.74) is -12.4. The molecule has 0 aromatic heterocycles. The zero-order valence-corrected chi connectivity index (χ0v) is 23.2. The van der Waals surface area contributed by atoms with Gasteiger partial charge in [-0.3, -0.25) is 0 Å². The van der Waals surface area contributed by atoms with Crippen LogP contribution in [0.1, 0.15) is 6.92 Å². The molecule has 0 unspecified atom stereocenters. The largest absolute Gasteiger partial charge is 0.473 e. The van der Waals surface area contributed by atoms with Crippen LogP contribution in [0, 0.1) is 0 Å². The van der Waals surface area contributed by atoms with Gasteiger partial charge in [0.25, 0.3) is 0 Å². The third-order valence-electron chi connectivity index (χ3n) is 6.96. The molecule has 53 heavy (non-hydrogen) atoms. The smallest absolute Gasteiger partial charge is 0.393 e. The van der Waals surface area contributed by atoms with E-state index in [2.05, 4.69) is 11.3 Å². The first kappa shape index (κ1) is 48.1. The molecule has 0 radical (unpaired) electrons. The van der Waals surface area contributed by atoms with E-state index < -0.39 is 106 Å². The van der Waals surface area contributed by atoms with E-state index >= 15 is 0 Å². The molecule has 0 heterocycles. The average molecular weight is 866 g/mol. The van der Waals surface area contributed by atoms with Crippen molar-refractivity contribution in [3.8, 4) is 0 Å². The number of hydrogen-bond donors (Lipinski definition) is 0. The van der Waals surface area contributed by atoms with Gasteiger partial charge in [0.15, 0.2) is 0 Å². The number of ether oxygens (including phenoxy) is 1. The Balaban J connectivity index is 4.42. The van der Waals surface area contributed by atoms with Gasteiger partial charge in [0, 0.05) is 5.57 Å². The minimum atomic E-state index is -10.7. The Hall–Kier alpha value is -2.96. The molecule has 0 aromatic rings. The molecule has 0 aliphatic heterocycles. The third-order valence-corrected chi connectivity index (χ3v) is 6.96. The lowest BCUT2D eigenvalue weighted by atomic mass is 9.68. The second kappa shape index (κ2) is 11.3. The molecule has 33 heteroatoms. The molecule has 1 aliphatic rings. The van der Waals surface area contributed by atoms with Gasteiger partial charge in [0.2, 0.25) is 0 Å². The van der Waals surface area contributed by atoms with Gasteiger partial charge < -0.3 is 4.74 Å². The van der Waals surface area contributed by atoms with Gasteiger partial charge >= 0.3 is 101 Å². The van der Waals surface area contributed by atoms with Crippen LogP contribution in [0.5, 0.6) is 0 Å². The van der Waals surface area contributed by atoms with Gasteiger partial charge in [-0.1, -0.05) is 6.58 Å². The van der Waals surface area contributed by atoms with Crippen molar-refractivity contribution in [2.45, 2.75) is 102 Å². The molecule has 1 rings (SSSR count). The number of carbonyl (C=O) groups excluding carboxylic acids is 1. The van der Waals surface area contributed by atoms with Crippen LogP contribution in [-0.4, -0.2) is 101 Å². The SMILES string of the molecule is C=C(C)C(=O)OC(F)(F)C(F)(F)C(F)(F)C(F)(F)C(F)(F)C(F)(F)C(F)(F)C(F)(F)C1(F)C(F)(F)C(F)(F)C(F)(F)C(F)(F)C(F)(F)C(F)(F)C1(F)F. The van der Waals surface area contributed by atoms with Crippen molar-refractivity contribution in [1.82, 2.24) is 0 Å². The maximum absolute atomic E-state index is 15.0. The molecule has 314 valence electrons. The first-order chi connectivity index (χ1) is 22.3. The normalized spacial score (nSPS) is 24.5. The fourth-order valence-corrected chi connectivity index (χ4v) is 3.66. The molecule has 1 fully saturated rings. The van der Waals surface area contributed by atoms with Crippen molar-refractivity contribution >= 4 is 5.97 Å². The second-order valence-corrected chi connectivity index (χ2v) is 10.4. The third kappa shape index (κ3) is 4.82. The molecule has 1 aliphatic carbocycles. The standard InChI is InChI=1S/C20H5F31O2/c1-3(2)4(52)53-20(50,51)19(48,49)18(46,47)17(44,45)16(42,43)14(38,39)11(32,33)8(26,27)5(21)6(22,23)9(28,29)12(34,35)15(40,41)13(36,37)10(30,31)7(5,24)25/h1H2,2H3. The number of alkyl halides is 31. The van der Waals surface area contributed by atoms with Gasteiger partial charge in [-0.15, -0.1) is 0 Å². The summed E-state index contributed by atoms with van der Waals surface area (Å²) in [4.78, 5) is 10.9. The van der Waals surface area contributed by atoms with Crippen molar-refractivity contribution in [2.24, 2.45) is 0 Å². The van der Waals surface area contributed by atoms with Crippen molar-refractivity contribution < 1.29 is 146 Å². The first-order valence-corrected chi connectivity index (χ1v) is 11.6. The molecule has 1 saturated carbocycles. The van der Waals surface area contributed by atoms with Crippen LogP contribution in [-0.2, 0) is 9.53 Å². The van der Waals surface area contributed by atoms with Gasteiger partial charge in [0.1, 0.15) is 0 Å². The topological polar surface area (TPSA) is 26.3 Å². The number of hydrogen-bond acceptors (Lipinski definition) is 2. The van der Waals surface area contributed by atoms with Crippen molar-refractivity contribution in [3.05, 3.63) is 12.2 Å². The van der Waals surface area contributed by atoms with E-state index in [4.69, 9.17) is 0 Å². The number of esters is 1. The first-order valence-electron chi connectivity index (χ1n) is 11.6. The van der Waals surface area contributed by atoms with E-state index in [1.807, 2.05) is 0 Å². The highest BCUT2D eigenvalue weighted by Crippen LogP contribution is 2.75. The Morgan fingerprint density at radius 2 is 0.604 bits per heavy atom. The Labute approximate surface area is 266 Å². The number of rotatable bonds is 10. The molecular weight excluding hydrogens is 861 g/mol. The number of halogens is 31. The van der Waals surface area contributed by atoms with Gasteiger partial charge in [-0.2, -0.15) is 132 Å². The highest BCUT2D eigenvalue weighted by molar-refractivity contribution is 5.87. The lowest BCUT2D eigenvalue weighted by Gasteiger charge is -2.54. The fraction of sp³-hybridized carbons (Fsp3) is 0.850. The molecule has 0 bridgehead atoms. The Morgan fingerprint density at radius 3 is 0.849 bits per heavy atom. The van der Waals surface area contributed by atoms with Crippen LogP contribution in [0.25, 0.3) is 0 Å². The molecule has 0 amide bonds. The second-order valence-electron chi connectivity index (χ2n) is 10.4. The lowest BCUT2D eigenvalue weighted by Crippen LogP contribution is -2.89. The molecule has 0 N–H and O–H groups in total. The van der Waals surface area contributed by atoms with Crippen molar-refractivity contribution in [1.29, 1.82) is 0 Å². The summed E-state index contributed by atoms with van der Waals surface area (Å²) in [5.74, 6) is -141. The fourth-order valence-electron chi connectivity index (χ4n) is 3.66. The minimum Gasteiger partial charge on any atom is -0.393 e. The number of carbonyl (C=O) groups is 1. The Bertz CT molecular complexity index is 1430. The highest BCUT2D eigenvalue weighted by atomic mass is 19.4. The van der Waals surface area contributed by atoms with E-state index in [1.165, 1.54) is 0 Å². The molecule has 0 atom stereocenters. The summed E-state index contributed by atoms with van der Waals surface area (Å²) in [6, 6.07) is 0. The maximum Gasteiger partial charge on any atom is 0.473 e. The Kier molecular flexibility index (Phi) is 10.3. The lowest BCUT2D eigenvalue weighted by molar-refractivity contribution is -0.524. The average Bonchev–Trinajstić information content (AvgIpc) is 2.93. The monoisotopic (exact) mass is 866 g/mol. The van der Waals surface area contributed by atoms with Gasteiger partial charge in [0.05, 0.1) is 0 Å². The predicted molar refractivity (Wildman–Crippen MR) is 99.0 cm³/mol. The van der Waals surface area contributed by atoms with Gasteiger partial charge in [-0.25, -0.2) is 9.18 Å². The van der Waals surface area contributed by atoms with E-state index in [1.54, 1.807) is 0 Å². The molecule has 2 nitrogen and oxygen atoms in total. The van der Waals surface area contributed by atoms with E-state index in [0.717, 1.165) is 0 Å². The predicted octanol–water partition coefficient (Wildman–Crippen LogP) is 10.3. The quantitative estimate of drug-likeness (QED) is 0.124. The minimum absolute atomic E-state index is 0.0977. The molecule has 0 spiro atoms. The molecule has 0 aromatic carbocycles. The van der Waals surface area contributed by atoms with Crippen LogP contribution in [0.15, 0.2) is 12.2 Å². The van der Waals surface area contributed by atoms with Crippen LogP contribution >= 0.6 is 0 Å². The van der Waals surface area contributed by atoms with Crippen LogP contribution in [0.3, 0.4) is 0 Å². The van der Waals surface area contributed by atoms with E-state index in [9.17, 15) is 141 Å². The van der Waals surface area contributed by atoms with Crippen LogP contribution in [0.4, 0.5) is 136 Å². The maximum atomic E-state index is 15.0. The van der Waals surface area contributed by atoms with Crippen LogP contribution < -0.4 is 0 Å². The summed E-state index contributed by atoms with van der Waals surface area (Å²) in [6.45, 7) is 2.35. The summed E-state index contributed by atoms with van der Waals surface area (Å²) < 4.78 is 435. The Morgan fingerprint density at radius 1 is 0.396 bits per heavy atom. The summed E-state index contributed by atoms with van der Waals surface area (Å²) in [6.07, 6.45) is -7.84. The molecule has 0 saturated heterocycles. The van der Waals surface area contributed by atoms with Crippen LogP contribution in [0.2, 0.25) is 0 Å². The van der Waals surface area contributed by atoms with Crippen molar-refractivity contribution in [3.63, 3.8) is 0 Å². The summed E-state index contributed by atoms with van der Waals surface area (Å²) in [7, 11) is 0. The van der Waals surface area contributed by atoms with Crippen molar-refractivity contribution in [2.75, 3.05) is 0 Å².